The third-order valence-electron chi connectivity index (χ3n) is 4.89. The lowest BCUT2D eigenvalue weighted by atomic mass is 10.1. The molecule has 3 aromatic carbocycles. The molecular weight excluding hydrogens is 456 g/mol. The summed E-state index contributed by atoms with van der Waals surface area (Å²) in [7, 11) is 0. The van der Waals surface area contributed by atoms with Crippen LogP contribution in [0.2, 0.25) is 5.02 Å². The minimum Gasteiger partial charge on any atom is -0.325 e. The summed E-state index contributed by atoms with van der Waals surface area (Å²) in [5, 5.41) is 12.8. The van der Waals surface area contributed by atoms with Crippen molar-refractivity contribution in [1.29, 1.82) is 0 Å². The second-order valence-corrected chi connectivity index (χ2v) is 8.74. The first-order valence-electron chi connectivity index (χ1n) is 10.3. The summed E-state index contributed by atoms with van der Waals surface area (Å²) in [6, 6.07) is 24.3. The van der Waals surface area contributed by atoms with Gasteiger partial charge in [0.25, 0.3) is 0 Å². The van der Waals surface area contributed by atoms with E-state index in [0.717, 1.165) is 11.1 Å². The Kier molecular flexibility index (Phi) is 7.22. The van der Waals surface area contributed by atoms with Crippen LogP contribution < -0.4 is 5.32 Å². The van der Waals surface area contributed by atoms with Crippen molar-refractivity contribution in [3.63, 3.8) is 0 Å². The lowest BCUT2D eigenvalue weighted by Gasteiger charge is -2.11. The number of amides is 1. The normalized spacial score (nSPS) is 10.7. The van der Waals surface area contributed by atoms with Gasteiger partial charge in [0.1, 0.15) is 0 Å². The van der Waals surface area contributed by atoms with Gasteiger partial charge in [-0.2, -0.15) is 0 Å². The summed E-state index contributed by atoms with van der Waals surface area (Å²) in [5.74, 6) is 0.609. The van der Waals surface area contributed by atoms with E-state index in [-0.39, 0.29) is 17.4 Å². The number of carbonyl (C=O) groups is 2. The monoisotopic (exact) mass is 476 g/mol. The molecule has 1 aromatic heterocycles. The molecule has 1 heterocycles. The molecule has 0 bridgehead atoms. The molecule has 0 saturated carbocycles. The van der Waals surface area contributed by atoms with Crippen molar-refractivity contribution >= 4 is 40.7 Å². The zero-order valence-corrected chi connectivity index (χ0v) is 19.4. The van der Waals surface area contributed by atoms with Crippen molar-refractivity contribution in [3.05, 3.63) is 95.0 Å². The van der Waals surface area contributed by atoms with Gasteiger partial charge in [-0.25, -0.2) is 0 Å². The fourth-order valence-electron chi connectivity index (χ4n) is 3.26. The Balaban J connectivity index is 1.53. The SMILES string of the molecule is CC(=O)c1cccc(NC(=O)CSc2nnc(-c3ccc(Cl)cc3)n2Cc2ccccc2)c1. The Hall–Kier alpha value is -3.42. The fourth-order valence-corrected chi connectivity index (χ4v) is 4.12. The van der Waals surface area contributed by atoms with Gasteiger partial charge in [0.15, 0.2) is 16.8 Å². The van der Waals surface area contributed by atoms with Gasteiger partial charge in [-0.15, -0.1) is 10.2 Å². The molecule has 1 N–H and O–H groups in total. The van der Waals surface area contributed by atoms with E-state index in [1.54, 1.807) is 24.3 Å². The van der Waals surface area contributed by atoms with Crippen molar-refractivity contribution in [2.24, 2.45) is 0 Å². The van der Waals surface area contributed by atoms with Gasteiger partial charge in [-0.1, -0.05) is 65.8 Å². The summed E-state index contributed by atoms with van der Waals surface area (Å²) in [5.41, 5.74) is 3.12. The first-order chi connectivity index (χ1) is 16.0. The van der Waals surface area contributed by atoms with E-state index in [1.165, 1.54) is 18.7 Å². The Morgan fingerprint density at radius 3 is 2.45 bits per heavy atom. The Morgan fingerprint density at radius 1 is 0.970 bits per heavy atom. The molecule has 0 atom stereocenters. The molecule has 4 rings (SSSR count). The summed E-state index contributed by atoms with van der Waals surface area (Å²) < 4.78 is 1.99. The number of rotatable bonds is 8. The molecule has 0 aliphatic rings. The van der Waals surface area contributed by atoms with E-state index >= 15 is 0 Å². The number of thioether (sulfide) groups is 1. The Morgan fingerprint density at radius 2 is 1.73 bits per heavy atom. The number of nitrogens with one attached hydrogen (secondary N) is 1. The van der Waals surface area contributed by atoms with Crippen molar-refractivity contribution in [2.45, 2.75) is 18.6 Å². The zero-order valence-electron chi connectivity index (χ0n) is 17.9. The van der Waals surface area contributed by atoms with Crippen LogP contribution in [-0.4, -0.2) is 32.2 Å². The molecule has 0 saturated heterocycles. The number of hydrogen-bond acceptors (Lipinski definition) is 5. The van der Waals surface area contributed by atoms with Crippen molar-refractivity contribution in [3.8, 4) is 11.4 Å². The Labute approximate surface area is 201 Å². The van der Waals surface area contributed by atoms with Crippen molar-refractivity contribution in [1.82, 2.24) is 14.8 Å². The van der Waals surface area contributed by atoms with Crippen molar-refractivity contribution in [2.75, 3.05) is 11.1 Å². The molecule has 1 amide bonds. The number of hydrogen-bond donors (Lipinski definition) is 1. The summed E-state index contributed by atoms with van der Waals surface area (Å²) in [6.07, 6.45) is 0. The summed E-state index contributed by atoms with van der Waals surface area (Å²) in [6.45, 7) is 2.06. The highest BCUT2D eigenvalue weighted by Gasteiger charge is 2.16. The first kappa shape index (κ1) is 22.8. The number of Topliss-reactive ketones (excluding diaryl/α,β-unsaturated/α-hetero) is 1. The van der Waals surface area contributed by atoms with E-state index in [0.29, 0.717) is 33.8 Å². The van der Waals surface area contributed by atoms with Crippen LogP contribution in [0.1, 0.15) is 22.8 Å². The maximum atomic E-state index is 12.6. The molecule has 6 nitrogen and oxygen atoms in total. The van der Waals surface area contributed by atoms with E-state index < -0.39 is 0 Å². The topological polar surface area (TPSA) is 76.9 Å². The summed E-state index contributed by atoms with van der Waals surface area (Å²) in [4.78, 5) is 24.1. The average molecular weight is 477 g/mol. The third kappa shape index (κ3) is 5.88. The van der Waals surface area contributed by atoms with Gasteiger partial charge >= 0.3 is 0 Å². The predicted molar refractivity (Wildman–Crippen MR) is 132 cm³/mol. The second kappa shape index (κ2) is 10.5. The molecule has 0 aliphatic heterocycles. The lowest BCUT2D eigenvalue weighted by Crippen LogP contribution is -2.15. The van der Waals surface area contributed by atoms with Crippen LogP contribution in [0.3, 0.4) is 0 Å². The van der Waals surface area contributed by atoms with E-state index in [1.807, 2.05) is 59.2 Å². The highest BCUT2D eigenvalue weighted by atomic mass is 35.5. The van der Waals surface area contributed by atoms with Crippen LogP contribution in [0.5, 0.6) is 0 Å². The molecule has 33 heavy (non-hydrogen) atoms. The number of nitrogens with zero attached hydrogens (tertiary/aromatic N) is 3. The molecule has 8 heteroatoms. The highest BCUT2D eigenvalue weighted by Crippen LogP contribution is 2.26. The lowest BCUT2D eigenvalue weighted by molar-refractivity contribution is -0.113. The van der Waals surface area contributed by atoms with E-state index in [2.05, 4.69) is 15.5 Å². The van der Waals surface area contributed by atoms with Gasteiger partial charge in [0.05, 0.1) is 12.3 Å². The molecule has 0 unspecified atom stereocenters. The standard InChI is InChI=1S/C25H21ClN4O2S/c1-17(31)20-8-5-9-22(14-20)27-23(32)16-33-25-29-28-24(19-10-12-21(26)13-11-19)30(25)15-18-6-3-2-4-7-18/h2-14H,15-16H2,1H3,(H,27,32). The smallest absolute Gasteiger partial charge is 0.234 e. The molecule has 0 aliphatic carbocycles. The van der Waals surface area contributed by atoms with Gasteiger partial charge in [-0.3, -0.25) is 14.2 Å². The number of benzene rings is 3. The zero-order chi connectivity index (χ0) is 23.2. The largest absolute Gasteiger partial charge is 0.325 e. The van der Waals surface area contributed by atoms with Crippen LogP contribution in [0.4, 0.5) is 5.69 Å². The first-order valence-corrected chi connectivity index (χ1v) is 11.6. The van der Waals surface area contributed by atoms with Gasteiger partial charge in [-0.05, 0) is 48.9 Å². The number of anilines is 1. The molecule has 4 aromatic rings. The molecule has 0 radical (unpaired) electrons. The average Bonchev–Trinajstić information content (AvgIpc) is 3.21. The maximum Gasteiger partial charge on any atom is 0.234 e. The predicted octanol–water partition coefficient (Wildman–Crippen LogP) is 5.58. The Bertz CT molecular complexity index is 1270. The van der Waals surface area contributed by atoms with Crippen LogP contribution in [0.25, 0.3) is 11.4 Å². The van der Waals surface area contributed by atoms with E-state index in [4.69, 9.17) is 11.6 Å². The van der Waals surface area contributed by atoms with Crippen molar-refractivity contribution < 1.29 is 9.59 Å². The number of carbonyl (C=O) groups excluding carboxylic acids is 2. The van der Waals surface area contributed by atoms with Crippen LogP contribution in [-0.2, 0) is 11.3 Å². The highest BCUT2D eigenvalue weighted by molar-refractivity contribution is 7.99. The van der Waals surface area contributed by atoms with Crippen LogP contribution in [0, 0.1) is 0 Å². The van der Waals surface area contributed by atoms with E-state index in [9.17, 15) is 9.59 Å². The maximum absolute atomic E-state index is 12.6. The number of halogens is 1. The summed E-state index contributed by atoms with van der Waals surface area (Å²) >= 11 is 7.35. The van der Waals surface area contributed by atoms with Gasteiger partial charge in [0.2, 0.25) is 5.91 Å². The molecule has 0 spiro atoms. The minimum atomic E-state index is -0.192. The fraction of sp³-hybridized carbons (Fsp3) is 0.120. The number of ketones is 1. The third-order valence-corrected chi connectivity index (χ3v) is 6.11. The second-order valence-electron chi connectivity index (χ2n) is 7.36. The minimum absolute atomic E-state index is 0.0517. The molecular formula is C25H21ClN4O2S. The van der Waals surface area contributed by atoms with Crippen LogP contribution in [0.15, 0.2) is 84.0 Å². The van der Waals surface area contributed by atoms with Gasteiger partial charge in [0, 0.05) is 21.8 Å². The molecule has 0 fully saturated rings. The van der Waals surface area contributed by atoms with Gasteiger partial charge < -0.3 is 5.32 Å². The quantitative estimate of drug-likeness (QED) is 0.265. The molecule has 166 valence electrons. The number of aromatic nitrogens is 3. The van der Waals surface area contributed by atoms with Crippen LogP contribution >= 0.6 is 23.4 Å².